The topological polar surface area (TPSA) is 95.0 Å². The minimum absolute atomic E-state index is 0.0459. The molecule has 0 amide bonds. The molecule has 7 rings (SSSR count). The van der Waals surface area contributed by atoms with Crippen LogP contribution in [0.3, 0.4) is 0 Å². The second-order valence-electron chi connectivity index (χ2n) is 11.0. The Morgan fingerprint density at radius 3 is 1.71 bits per heavy atom. The average molecular weight is 558 g/mol. The van der Waals surface area contributed by atoms with E-state index < -0.39 is 0 Å². The third-order valence-electron chi connectivity index (χ3n) is 8.52. The fraction of sp³-hybridized carbons (Fsp3) is 0.375. The molecule has 3 aliphatic heterocycles. The van der Waals surface area contributed by atoms with Gasteiger partial charge in [0.1, 0.15) is 24.7 Å². The predicted molar refractivity (Wildman–Crippen MR) is 156 cm³/mol. The molecule has 0 radical (unpaired) electrons. The maximum Gasteiger partial charge on any atom is 0.273 e. The largest absolute Gasteiger partial charge is 0.497 e. The Morgan fingerprint density at radius 1 is 0.732 bits per heavy atom. The van der Waals surface area contributed by atoms with E-state index in [1.165, 1.54) is 4.68 Å². The van der Waals surface area contributed by atoms with Gasteiger partial charge in [-0.05, 0) is 91.8 Å². The monoisotopic (exact) mass is 557 g/mol. The van der Waals surface area contributed by atoms with Gasteiger partial charge >= 0.3 is 0 Å². The van der Waals surface area contributed by atoms with Crippen molar-refractivity contribution in [3.8, 4) is 23.0 Å². The lowest BCUT2D eigenvalue weighted by molar-refractivity contribution is 0.00992. The summed E-state index contributed by atoms with van der Waals surface area (Å²) in [5, 5.41) is 3.46. The first-order valence-electron chi connectivity index (χ1n) is 14.0. The summed E-state index contributed by atoms with van der Waals surface area (Å²) in [7, 11) is 3.24. The van der Waals surface area contributed by atoms with Crippen LogP contribution in [0, 0.1) is 5.41 Å². The number of methoxy groups -OCH3 is 2. The fourth-order valence-electron chi connectivity index (χ4n) is 5.88. The zero-order valence-corrected chi connectivity index (χ0v) is 23.5. The highest BCUT2D eigenvalue weighted by Crippen LogP contribution is 2.41. The molecule has 3 fully saturated rings. The SMILES string of the molecule is COc1ccc(COc2cc3c(=O)[nH]n(CC45CCN(CC4)CC5)c(=O)c3cc2OCc2ccc(OC)cc2)cc1. The van der Waals surface area contributed by atoms with Gasteiger partial charge in [0.05, 0.1) is 25.0 Å². The maximum absolute atomic E-state index is 13.7. The van der Waals surface area contributed by atoms with Crippen LogP contribution in [-0.4, -0.2) is 48.5 Å². The Labute approximate surface area is 238 Å². The third kappa shape index (κ3) is 5.67. The molecule has 0 unspecified atom stereocenters. The fourth-order valence-corrected chi connectivity index (χ4v) is 5.88. The molecule has 4 heterocycles. The number of fused-ring (bicyclic) bond motifs is 4. The van der Waals surface area contributed by atoms with Crippen molar-refractivity contribution in [2.45, 2.75) is 39.0 Å². The van der Waals surface area contributed by atoms with Crippen molar-refractivity contribution in [3.63, 3.8) is 0 Å². The van der Waals surface area contributed by atoms with E-state index in [0.29, 0.717) is 23.4 Å². The van der Waals surface area contributed by atoms with Crippen molar-refractivity contribution in [1.29, 1.82) is 0 Å². The van der Waals surface area contributed by atoms with Crippen LogP contribution >= 0.6 is 0 Å². The van der Waals surface area contributed by atoms with Crippen LogP contribution in [0.15, 0.2) is 70.3 Å². The first-order chi connectivity index (χ1) is 19.9. The van der Waals surface area contributed by atoms with E-state index >= 15 is 0 Å². The number of nitrogens with zero attached hydrogens (tertiary/aromatic N) is 2. The van der Waals surface area contributed by atoms with Crippen LogP contribution in [0.5, 0.6) is 23.0 Å². The second kappa shape index (κ2) is 11.3. The summed E-state index contributed by atoms with van der Waals surface area (Å²) in [6.07, 6.45) is 3.11. The van der Waals surface area contributed by atoms with Gasteiger partial charge in [-0.25, -0.2) is 4.68 Å². The second-order valence-corrected chi connectivity index (χ2v) is 11.0. The van der Waals surface area contributed by atoms with Gasteiger partial charge in [-0.2, -0.15) is 0 Å². The smallest absolute Gasteiger partial charge is 0.273 e. The molecule has 9 nitrogen and oxygen atoms in total. The molecule has 0 aliphatic carbocycles. The molecule has 3 aromatic carbocycles. The van der Waals surface area contributed by atoms with Gasteiger partial charge in [0.25, 0.3) is 11.1 Å². The molecule has 9 heteroatoms. The number of aromatic nitrogens is 2. The number of H-pyrrole nitrogens is 1. The van der Waals surface area contributed by atoms with Crippen LogP contribution in [-0.2, 0) is 19.8 Å². The Hall–Kier alpha value is -4.24. The normalized spacial score (nSPS) is 19.7. The van der Waals surface area contributed by atoms with Crippen LogP contribution < -0.4 is 30.1 Å². The van der Waals surface area contributed by atoms with Gasteiger partial charge in [0.15, 0.2) is 11.5 Å². The minimum atomic E-state index is -0.319. The van der Waals surface area contributed by atoms with E-state index in [1.807, 2.05) is 48.5 Å². The standard InChI is InChI=1S/C32H35N3O6/c1-38-24-7-3-22(4-8-24)19-40-28-17-26-27(18-29(28)41-20-23-5-9-25(39-2)10-6-23)31(37)35(33-30(26)36)21-32-11-14-34(15-12-32)16-13-32/h3-10,17-18H,11-16,19-21H2,1-2H3,(H,33,36). The highest BCUT2D eigenvalue weighted by molar-refractivity contribution is 5.84. The van der Waals surface area contributed by atoms with Crippen molar-refractivity contribution in [1.82, 2.24) is 14.7 Å². The minimum Gasteiger partial charge on any atom is -0.497 e. The van der Waals surface area contributed by atoms with Gasteiger partial charge in [-0.15, -0.1) is 0 Å². The zero-order valence-electron chi connectivity index (χ0n) is 23.5. The number of nitrogens with one attached hydrogen (secondary N) is 1. The Balaban J connectivity index is 1.33. The number of hydrogen-bond acceptors (Lipinski definition) is 7. The van der Waals surface area contributed by atoms with Crippen LogP contribution in [0.4, 0.5) is 0 Å². The number of piperidine rings is 3. The molecule has 41 heavy (non-hydrogen) atoms. The van der Waals surface area contributed by atoms with Gasteiger partial charge in [0.2, 0.25) is 0 Å². The predicted octanol–water partition coefficient (Wildman–Crippen LogP) is 4.35. The number of aromatic amines is 1. The van der Waals surface area contributed by atoms with Gasteiger partial charge in [0, 0.05) is 6.54 Å². The van der Waals surface area contributed by atoms with Crippen LogP contribution in [0.2, 0.25) is 0 Å². The summed E-state index contributed by atoms with van der Waals surface area (Å²) < 4.78 is 24.4. The van der Waals surface area contributed by atoms with Gasteiger partial charge < -0.3 is 23.8 Å². The van der Waals surface area contributed by atoms with E-state index in [1.54, 1.807) is 26.4 Å². The van der Waals surface area contributed by atoms with Crippen LogP contribution in [0.1, 0.15) is 30.4 Å². The third-order valence-corrected chi connectivity index (χ3v) is 8.52. The molecule has 1 N–H and O–H groups in total. The van der Waals surface area contributed by atoms with E-state index in [-0.39, 0.29) is 35.1 Å². The lowest BCUT2D eigenvalue weighted by Gasteiger charge is -2.48. The van der Waals surface area contributed by atoms with Crippen molar-refractivity contribution < 1.29 is 18.9 Å². The number of benzene rings is 3. The van der Waals surface area contributed by atoms with Crippen molar-refractivity contribution in [3.05, 3.63) is 92.5 Å². The molecule has 3 aliphatic rings. The number of ether oxygens (including phenoxy) is 4. The molecule has 4 aromatic rings. The van der Waals surface area contributed by atoms with Crippen LogP contribution in [0.25, 0.3) is 10.8 Å². The molecule has 1 aromatic heterocycles. The lowest BCUT2D eigenvalue weighted by Crippen LogP contribution is -2.51. The van der Waals surface area contributed by atoms with Crippen molar-refractivity contribution in [2.75, 3.05) is 33.9 Å². The molecule has 0 spiro atoms. The molecular weight excluding hydrogens is 522 g/mol. The van der Waals surface area contributed by atoms with Gasteiger partial charge in [-0.1, -0.05) is 24.3 Å². The molecular formula is C32H35N3O6. The van der Waals surface area contributed by atoms with E-state index in [0.717, 1.165) is 61.5 Å². The van der Waals surface area contributed by atoms with Crippen molar-refractivity contribution in [2.24, 2.45) is 5.41 Å². The van der Waals surface area contributed by atoms with Crippen molar-refractivity contribution >= 4 is 10.8 Å². The first-order valence-corrected chi connectivity index (χ1v) is 14.0. The number of hydrogen-bond donors (Lipinski definition) is 1. The Morgan fingerprint density at radius 2 is 1.22 bits per heavy atom. The summed E-state index contributed by atoms with van der Waals surface area (Å²) in [4.78, 5) is 29.5. The van der Waals surface area contributed by atoms with Gasteiger partial charge in [-0.3, -0.25) is 14.7 Å². The summed E-state index contributed by atoms with van der Waals surface area (Å²) in [5.41, 5.74) is 1.36. The van der Waals surface area contributed by atoms with E-state index in [4.69, 9.17) is 18.9 Å². The molecule has 214 valence electrons. The van der Waals surface area contributed by atoms with E-state index in [2.05, 4.69) is 10.00 Å². The Bertz CT molecular complexity index is 1620. The first kappa shape index (κ1) is 27.0. The molecule has 0 atom stereocenters. The average Bonchev–Trinajstić information content (AvgIpc) is 3.02. The highest BCUT2D eigenvalue weighted by atomic mass is 16.5. The highest BCUT2D eigenvalue weighted by Gasteiger charge is 2.40. The summed E-state index contributed by atoms with van der Waals surface area (Å²) in [6.45, 7) is 4.16. The quantitative estimate of drug-likeness (QED) is 0.310. The summed E-state index contributed by atoms with van der Waals surface area (Å²) >= 11 is 0. The Kier molecular flexibility index (Phi) is 7.45. The van der Waals surface area contributed by atoms with E-state index in [9.17, 15) is 9.59 Å². The molecule has 2 bridgehead atoms. The molecule has 3 saturated heterocycles. The lowest BCUT2D eigenvalue weighted by atomic mass is 9.72. The number of rotatable bonds is 10. The summed E-state index contributed by atoms with van der Waals surface area (Å²) in [5.74, 6) is 2.30. The maximum atomic E-state index is 13.7. The zero-order chi connectivity index (χ0) is 28.4. The molecule has 0 saturated carbocycles. The summed E-state index contributed by atoms with van der Waals surface area (Å²) in [6, 6.07) is 18.4.